The van der Waals surface area contributed by atoms with E-state index in [2.05, 4.69) is 53.8 Å². The third-order valence-electron chi connectivity index (χ3n) is 13.3. The highest BCUT2D eigenvalue weighted by Gasteiger charge is 2.64. The van der Waals surface area contributed by atoms with Gasteiger partial charge in [0.25, 0.3) is 29.4 Å². The SMILES string of the molecule is CC1(C)C(NC(=O)c2ccc(N3CCC(CN4CCN(c5ccc6c(c5)C(=O)N([C@@]5(F)CCC(=O)NC5=O)C6=O)CC4)CC3)cc2)C(C)(C)C1Oc1ccc(C#N)c(Cl)c1. The third kappa shape index (κ3) is 7.25. The molecule has 0 bridgehead atoms. The van der Waals surface area contributed by atoms with E-state index in [4.69, 9.17) is 16.3 Å². The minimum Gasteiger partial charge on any atom is -0.489 e. The number of carbonyl (C=O) groups excluding carboxylic acids is 5. The van der Waals surface area contributed by atoms with Gasteiger partial charge in [-0.25, -0.2) is 9.29 Å². The van der Waals surface area contributed by atoms with Gasteiger partial charge in [0.05, 0.1) is 21.7 Å². The summed E-state index contributed by atoms with van der Waals surface area (Å²) in [7, 11) is 0. The number of halogens is 2. The lowest BCUT2D eigenvalue weighted by molar-refractivity contribution is -0.164. The van der Waals surface area contributed by atoms with Crippen LogP contribution < -0.4 is 25.2 Å². The van der Waals surface area contributed by atoms with Gasteiger partial charge in [-0.15, -0.1) is 0 Å². The van der Waals surface area contributed by atoms with E-state index in [1.807, 2.05) is 29.6 Å². The molecular weight excluding hydrogens is 789 g/mol. The average Bonchev–Trinajstić information content (AvgIpc) is 3.49. The van der Waals surface area contributed by atoms with Gasteiger partial charge in [0.1, 0.15) is 17.9 Å². The van der Waals surface area contributed by atoms with Gasteiger partial charge in [-0.1, -0.05) is 39.3 Å². The van der Waals surface area contributed by atoms with Crippen LogP contribution in [0, 0.1) is 28.1 Å². The van der Waals surface area contributed by atoms with E-state index in [9.17, 15) is 29.2 Å². The molecule has 8 rings (SSSR count). The van der Waals surface area contributed by atoms with Crippen molar-refractivity contribution in [2.24, 2.45) is 16.7 Å². The number of rotatable bonds is 9. The number of piperazine rings is 1. The van der Waals surface area contributed by atoms with Crippen LogP contribution in [-0.4, -0.2) is 103 Å². The molecule has 4 fully saturated rings. The lowest BCUT2D eigenvalue weighted by atomic mass is 9.49. The fourth-order valence-electron chi connectivity index (χ4n) is 10.2. The Balaban J connectivity index is 0.794. The molecule has 3 aromatic carbocycles. The molecule has 1 saturated carbocycles. The highest BCUT2D eigenvalue weighted by atomic mass is 35.5. The lowest BCUT2D eigenvalue weighted by Gasteiger charge is -2.63. The summed E-state index contributed by atoms with van der Waals surface area (Å²) < 4.78 is 22.2. The molecule has 0 aromatic heterocycles. The number of amides is 5. The normalized spacial score (nSPS) is 25.3. The first kappa shape index (κ1) is 41.2. The predicted octanol–water partition coefficient (Wildman–Crippen LogP) is 5.56. The van der Waals surface area contributed by atoms with Gasteiger partial charge in [0.15, 0.2) is 0 Å². The molecule has 15 heteroatoms. The number of piperidine rings is 2. The van der Waals surface area contributed by atoms with Gasteiger partial charge >= 0.3 is 0 Å². The lowest BCUT2D eigenvalue weighted by Crippen LogP contribution is -2.74. The number of carbonyl (C=O) groups is 5. The molecule has 1 aliphatic carbocycles. The molecule has 3 saturated heterocycles. The van der Waals surface area contributed by atoms with Crippen LogP contribution in [0.3, 0.4) is 0 Å². The molecule has 4 heterocycles. The summed E-state index contributed by atoms with van der Waals surface area (Å²) in [5.41, 5.74) is 2.22. The fourth-order valence-corrected chi connectivity index (χ4v) is 10.4. The van der Waals surface area contributed by atoms with Crippen molar-refractivity contribution in [1.82, 2.24) is 20.4 Å². The number of ether oxygens (including phenoxy) is 1. The first-order chi connectivity index (χ1) is 28.5. The van der Waals surface area contributed by atoms with Crippen molar-refractivity contribution in [3.63, 3.8) is 0 Å². The van der Waals surface area contributed by atoms with Crippen molar-refractivity contribution in [2.75, 3.05) is 55.6 Å². The van der Waals surface area contributed by atoms with Crippen LogP contribution in [0.4, 0.5) is 15.8 Å². The van der Waals surface area contributed by atoms with E-state index in [1.54, 1.807) is 30.3 Å². The number of benzene rings is 3. The van der Waals surface area contributed by atoms with Gasteiger partial charge in [-0.05, 0) is 73.4 Å². The van der Waals surface area contributed by atoms with Gasteiger partial charge in [0.2, 0.25) is 5.91 Å². The number of alkyl halides is 1. The molecule has 5 aliphatic rings. The van der Waals surface area contributed by atoms with Crippen LogP contribution in [0.2, 0.25) is 5.02 Å². The summed E-state index contributed by atoms with van der Waals surface area (Å²) in [6, 6.07) is 19.7. The summed E-state index contributed by atoms with van der Waals surface area (Å²) in [5, 5.41) is 14.7. The maximum Gasteiger partial charge on any atom is 0.285 e. The molecule has 0 spiro atoms. The maximum atomic E-state index is 15.8. The van der Waals surface area contributed by atoms with Crippen LogP contribution in [0.15, 0.2) is 60.7 Å². The zero-order chi connectivity index (χ0) is 42.7. The molecule has 2 N–H and O–H groups in total. The average molecular weight is 838 g/mol. The van der Waals surface area contributed by atoms with E-state index in [0.29, 0.717) is 32.7 Å². The van der Waals surface area contributed by atoms with Crippen LogP contribution in [-0.2, 0) is 9.59 Å². The largest absolute Gasteiger partial charge is 0.489 e. The van der Waals surface area contributed by atoms with E-state index in [1.165, 1.54) is 6.07 Å². The number of fused-ring (bicyclic) bond motifs is 1. The highest BCUT2D eigenvalue weighted by molar-refractivity contribution is 6.31. The van der Waals surface area contributed by atoms with Crippen molar-refractivity contribution in [1.29, 1.82) is 5.26 Å². The van der Waals surface area contributed by atoms with Crippen molar-refractivity contribution in [3.05, 3.63) is 87.9 Å². The molecule has 13 nitrogen and oxygen atoms in total. The number of nitrogens with zero attached hydrogens (tertiary/aromatic N) is 5. The number of imide groups is 2. The molecule has 0 radical (unpaired) electrons. The Hall–Kier alpha value is -5.52. The standard InChI is InChI=1S/C45H49ClFN7O6/c1-43(2)40(44(3,4)41(43)60-32-11-7-29(25-48)35(46)24-32)50-37(56)28-5-8-30(9-6-28)52-17-14-27(15-18-52)26-51-19-21-53(22-20-51)31-10-12-33-34(23-31)39(58)54(38(33)57)45(47)16-13-36(55)49-42(45)59/h5-12,23-24,27,40-41H,13-22,26H2,1-4H3,(H,50,56)(H,49,55,59)/t40?,41?,45-/m0/s1. The Morgan fingerprint density at radius 1 is 0.867 bits per heavy atom. The van der Waals surface area contributed by atoms with Crippen LogP contribution in [0.5, 0.6) is 5.75 Å². The van der Waals surface area contributed by atoms with Crippen molar-refractivity contribution >= 4 is 52.5 Å². The molecule has 4 aliphatic heterocycles. The van der Waals surface area contributed by atoms with E-state index in [0.717, 1.165) is 70.0 Å². The van der Waals surface area contributed by atoms with Gasteiger partial charge in [0, 0.05) is 98.5 Å². The first-order valence-electron chi connectivity index (χ1n) is 20.6. The Morgan fingerprint density at radius 2 is 1.50 bits per heavy atom. The smallest absolute Gasteiger partial charge is 0.285 e. The molecular formula is C45H49ClFN7O6. The van der Waals surface area contributed by atoms with E-state index in [-0.39, 0.29) is 46.4 Å². The number of hydrogen-bond acceptors (Lipinski definition) is 10. The summed E-state index contributed by atoms with van der Waals surface area (Å²) in [4.78, 5) is 71.2. The van der Waals surface area contributed by atoms with Crippen LogP contribution in [0.1, 0.15) is 90.0 Å². The minimum absolute atomic E-state index is 0.0451. The zero-order valence-electron chi connectivity index (χ0n) is 34.2. The number of nitriles is 1. The predicted molar refractivity (Wildman–Crippen MR) is 223 cm³/mol. The second-order valence-electron chi connectivity index (χ2n) is 17.9. The van der Waals surface area contributed by atoms with Crippen LogP contribution >= 0.6 is 11.6 Å². The molecule has 314 valence electrons. The monoisotopic (exact) mass is 837 g/mol. The number of hydrogen-bond donors (Lipinski definition) is 2. The Labute approximate surface area is 353 Å². The van der Waals surface area contributed by atoms with Crippen molar-refractivity contribution in [3.8, 4) is 11.8 Å². The van der Waals surface area contributed by atoms with Crippen LogP contribution in [0.25, 0.3) is 0 Å². The third-order valence-corrected chi connectivity index (χ3v) is 13.6. The maximum absolute atomic E-state index is 15.8. The van der Waals surface area contributed by atoms with E-state index >= 15 is 4.39 Å². The van der Waals surface area contributed by atoms with Crippen molar-refractivity contribution < 1.29 is 33.1 Å². The van der Waals surface area contributed by atoms with Gasteiger partial charge in [-0.2, -0.15) is 5.26 Å². The molecule has 5 amide bonds. The molecule has 0 unspecified atom stereocenters. The van der Waals surface area contributed by atoms with Gasteiger partial charge < -0.3 is 19.9 Å². The number of anilines is 2. The second-order valence-corrected chi connectivity index (χ2v) is 18.3. The zero-order valence-corrected chi connectivity index (χ0v) is 35.0. The van der Waals surface area contributed by atoms with Crippen molar-refractivity contribution in [2.45, 2.75) is 71.3 Å². The quantitative estimate of drug-likeness (QED) is 0.207. The Morgan fingerprint density at radius 3 is 2.13 bits per heavy atom. The summed E-state index contributed by atoms with van der Waals surface area (Å²) in [6.07, 6.45) is 1.03. The summed E-state index contributed by atoms with van der Waals surface area (Å²) in [5.74, 6) is -5.59. The molecule has 1 atom stereocenters. The molecule has 3 aromatic rings. The topological polar surface area (TPSA) is 155 Å². The molecule has 60 heavy (non-hydrogen) atoms. The van der Waals surface area contributed by atoms with E-state index < -0.39 is 35.8 Å². The summed E-state index contributed by atoms with van der Waals surface area (Å²) in [6.45, 7) is 14.3. The Kier molecular flexibility index (Phi) is 10.6. The Bertz CT molecular complexity index is 2280. The minimum atomic E-state index is -2.91. The highest BCUT2D eigenvalue weighted by Crippen LogP contribution is 2.55. The van der Waals surface area contributed by atoms with Gasteiger partial charge in [-0.3, -0.25) is 34.2 Å². The summed E-state index contributed by atoms with van der Waals surface area (Å²) >= 11 is 6.25. The number of nitrogens with one attached hydrogen (secondary N) is 2. The first-order valence-corrected chi connectivity index (χ1v) is 20.9. The fraction of sp³-hybridized carbons (Fsp3) is 0.467. The second kappa shape index (κ2) is 15.5.